The maximum atomic E-state index is 12.4. The molecule has 3 rings (SSSR count). The largest absolute Gasteiger partial charge is 0.450 e. The first kappa shape index (κ1) is 19.2. The van der Waals surface area contributed by atoms with Crippen molar-refractivity contribution in [3.63, 3.8) is 0 Å². The standard InChI is InChI=1S/C21H27N3O3/c1-3-27-21(26)24-12-10-23(11-13-24)15-20(25)22-16(2)18-9-8-17-6-4-5-7-19(17)14-18/h4-9,14,16H,3,10-13,15H2,1-2H3,(H,22,25)/p+1/t16-/m0/s1. The number of quaternary nitrogens is 1. The molecule has 27 heavy (non-hydrogen) atoms. The molecule has 1 aliphatic rings. The number of fused-ring (bicyclic) bond motifs is 1. The Labute approximate surface area is 160 Å². The number of piperazine rings is 1. The van der Waals surface area contributed by atoms with Gasteiger partial charge in [0.15, 0.2) is 6.54 Å². The molecule has 2 aromatic carbocycles. The molecule has 1 aliphatic heterocycles. The molecule has 2 N–H and O–H groups in total. The summed E-state index contributed by atoms with van der Waals surface area (Å²) in [5.74, 6) is 0.0373. The van der Waals surface area contributed by atoms with Gasteiger partial charge in [-0.25, -0.2) is 4.79 Å². The molecule has 0 aliphatic carbocycles. The van der Waals surface area contributed by atoms with Crippen molar-refractivity contribution in [2.45, 2.75) is 19.9 Å². The van der Waals surface area contributed by atoms with Crippen LogP contribution >= 0.6 is 0 Å². The van der Waals surface area contributed by atoms with Gasteiger partial charge in [0.05, 0.1) is 38.8 Å². The average molecular weight is 370 g/mol. The highest BCUT2D eigenvalue weighted by Crippen LogP contribution is 2.20. The topological polar surface area (TPSA) is 63.1 Å². The molecule has 2 aromatic rings. The highest BCUT2D eigenvalue weighted by Gasteiger charge is 2.26. The number of benzene rings is 2. The number of nitrogens with one attached hydrogen (secondary N) is 2. The van der Waals surface area contributed by atoms with E-state index in [1.165, 1.54) is 15.7 Å². The summed E-state index contributed by atoms with van der Waals surface area (Å²) >= 11 is 0. The molecule has 1 fully saturated rings. The van der Waals surface area contributed by atoms with Crippen molar-refractivity contribution in [3.8, 4) is 0 Å². The van der Waals surface area contributed by atoms with E-state index in [4.69, 9.17) is 4.74 Å². The van der Waals surface area contributed by atoms with Crippen molar-refractivity contribution < 1.29 is 19.2 Å². The number of hydrogen-bond acceptors (Lipinski definition) is 3. The Hall–Kier alpha value is -2.60. The van der Waals surface area contributed by atoms with Crippen LogP contribution in [0.4, 0.5) is 4.79 Å². The molecule has 0 radical (unpaired) electrons. The number of hydrogen-bond donors (Lipinski definition) is 2. The Morgan fingerprint density at radius 2 is 1.85 bits per heavy atom. The van der Waals surface area contributed by atoms with E-state index in [0.717, 1.165) is 18.7 Å². The van der Waals surface area contributed by atoms with Gasteiger partial charge < -0.3 is 15.0 Å². The highest BCUT2D eigenvalue weighted by atomic mass is 16.6. The second kappa shape index (κ2) is 8.86. The normalized spacial score (nSPS) is 16.1. The molecule has 2 amide bonds. The van der Waals surface area contributed by atoms with E-state index in [0.29, 0.717) is 26.2 Å². The lowest BCUT2D eigenvalue weighted by molar-refractivity contribution is -0.896. The van der Waals surface area contributed by atoms with Crippen molar-refractivity contribution in [2.24, 2.45) is 0 Å². The van der Waals surface area contributed by atoms with E-state index in [-0.39, 0.29) is 18.0 Å². The first-order valence-corrected chi connectivity index (χ1v) is 9.60. The second-order valence-electron chi connectivity index (χ2n) is 7.01. The number of amides is 2. The fraction of sp³-hybridized carbons (Fsp3) is 0.429. The minimum Gasteiger partial charge on any atom is -0.450 e. The molecule has 0 bridgehead atoms. The highest BCUT2D eigenvalue weighted by molar-refractivity contribution is 5.83. The lowest BCUT2D eigenvalue weighted by Crippen LogP contribution is -3.15. The van der Waals surface area contributed by atoms with Crippen LogP contribution in [0.5, 0.6) is 0 Å². The summed E-state index contributed by atoms with van der Waals surface area (Å²) < 4.78 is 5.03. The van der Waals surface area contributed by atoms with Crippen LogP contribution in [0.3, 0.4) is 0 Å². The molecule has 1 saturated heterocycles. The van der Waals surface area contributed by atoms with Crippen LogP contribution in [0.15, 0.2) is 42.5 Å². The third-order valence-corrected chi connectivity index (χ3v) is 5.06. The Balaban J connectivity index is 1.49. The van der Waals surface area contributed by atoms with E-state index >= 15 is 0 Å². The smallest absolute Gasteiger partial charge is 0.410 e. The Morgan fingerprint density at radius 1 is 1.15 bits per heavy atom. The fourth-order valence-corrected chi connectivity index (χ4v) is 3.48. The SMILES string of the molecule is CCOC(=O)N1CC[NH+](CC(=O)N[C@@H](C)c2ccc3ccccc3c2)CC1. The number of carbonyl (C=O) groups is 2. The van der Waals surface area contributed by atoms with Gasteiger partial charge in [0.25, 0.3) is 5.91 Å². The van der Waals surface area contributed by atoms with Crippen LogP contribution in [0.25, 0.3) is 10.8 Å². The third kappa shape index (κ3) is 4.98. The van der Waals surface area contributed by atoms with Gasteiger partial charge >= 0.3 is 6.09 Å². The van der Waals surface area contributed by atoms with E-state index in [1.54, 1.807) is 11.8 Å². The van der Waals surface area contributed by atoms with Crippen LogP contribution in [0.1, 0.15) is 25.5 Å². The number of rotatable bonds is 5. The molecule has 1 heterocycles. The summed E-state index contributed by atoms with van der Waals surface area (Å²) in [5.41, 5.74) is 1.10. The van der Waals surface area contributed by atoms with E-state index < -0.39 is 0 Å². The zero-order chi connectivity index (χ0) is 19.2. The average Bonchev–Trinajstić information content (AvgIpc) is 2.68. The fourth-order valence-electron chi connectivity index (χ4n) is 3.48. The van der Waals surface area contributed by atoms with Gasteiger partial charge in [0.2, 0.25) is 0 Å². The van der Waals surface area contributed by atoms with Crippen molar-refractivity contribution in [3.05, 3.63) is 48.0 Å². The van der Waals surface area contributed by atoms with Crippen LogP contribution < -0.4 is 10.2 Å². The molecule has 0 spiro atoms. The Bertz CT molecular complexity index is 800. The summed E-state index contributed by atoms with van der Waals surface area (Å²) in [6.45, 7) is 7.41. The van der Waals surface area contributed by atoms with Crippen LogP contribution in [-0.4, -0.2) is 56.2 Å². The molecule has 0 saturated carbocycles. The van der Waals surface area contributed by atoms with E-state index in [9.17, 15) is 9.59 Å². The molecule has 6 heteroatoms. The maximum absolute atomic E-state index is 12.4. The van der Waals surface area contributed by atoms with Gasteiger partial charge in [0, 0.05) is 0 Å². The van der Waals surface area contributed by atoms with Crippen molar-refractivity contribution >= 4 is 22.8 Å². The summed E-state index contributed by atoms with van der Waals surface area (Å²) in [7, 11) is 0. The lowest BCUT2D eigenvalue weighted by atomic mass is 10.0. The van der Waals surface area contributed by atoms with Crippen LogP contribution in [-0.2, 0) is 9.53 Å². The molecule has 6 nitrogen and oxygen atoms in total. The summed E-state index contributed by atoms with van der Waals surface area (Å²) in [6.07, 6.45) is -0.258. The molecule has 0 unspecified atom stereocenters. The molecule has 0 aromatic heterocycles. The quantitative estimate of drug-likeness (QED) is 0.836. The van der Waals surface area contributed by atoms with Crippen molar-refractivity contribution in [1.29, 1.82) is 0 Å². The summed E-state index contributed by atoms with van der Waals surface area (Å²) in [6, 6.07) is 14.5. The predicted octanol–water partition coefficient (Wildman–Crippen LogP) is 1.37. The Morgan fingerprint density at radius 3 is 2.56 bits per heavy atom. The van der Waals surface area contributed by atoms with E-state index in [2.05, 4.69) is 35.6 Å². The molecular weight excluding hydrogens is 342 g/mol. The van der Waals surface area contributed by atoms with Crippen LogP contribution in [0.2, 0.25) is 0 Å². The van der Waals surface area contributed by atoms with Crippen molar-refractivity contribution in [1.82, 2.24) is 10.2 Å². The summed E-state index contributed by atoms with van der Waals surface area (Å²) in [4.78, 5) is 27.1. The second-order valence-corrected chi connectivity index (χ2v) is 7.01. The Kier molecular flexibility index (Phi) is 6.29. The molecule has 144 valence electrons. The van der Waals surface area contributed by atoms with Gasteiger partial charge in [-0.1, -0.05) is 36.4 Å². The third-order valence-electron chi connectivity index (χ3n) is 5.06. The number of nitrogens with zero attached hydrogens (tertiary/aromatic N) is 1. The van der Waals surface area contributed by atoms with Gasteiger partial charge in [-0.3, -0.25) is 9.69 Å². The van der Waals surface area contributed by atoms with Gasteiger partial charge in [0.1, 0.15) is 0 Å². The minimum absolute atomic E-state index is 0.0373. The zero-order valence-corrected chi connectivity index (χ0v) is 16.0. The zero-order valence-electron chi connectivity index (χ0n) is 16.0. The number of ether oxygens (including phenoxy) is 1. The lowest BCUT2D eigenvalue weighted by Gasteiger charge is -2.31. The van der Waals surface area contributed by atoms with E-state index in [1.807, 2.05) is 19.1 Å². The van der Waals surface area contributed by atoms with Gasteiger partial charge in [-0.15, -0.1) is 0 Å². The molecular formula is C21H28N3O3+. The predicted molar refractivity (Wildman–Crippen MR) is 105 cm³/mol. The minimum atomic E-state index is -0.258. The number of carbonyl (C=O) groups excluding carboxylic acids is 2. The van der Waals surface area contributed by atoms with Gasteiger partial charge in [-0.2, -0.15) is 0 Å². The van der Waals surface area contributed by atoms with Gasteiger partial charge in [-0.05, 0) is 36.2 Å². The van der Waals surface area contributed by atoms with Crippen molar-refractivity contribution in [2.75, 3.05) is 39.3 Å². The first-order valence-electron chi connectivity index (χ1n) is 9.60. The maximum Gasteiger partial charge on any atom is 0.410 e. The van der Waals surface area contributed by atoms with Crippen LogP contribution in [0, 0.1) is 0 Å². The monoisotopic (exact) mass is 370 g/mol. The molecule has 1 atom stereocenters. The first-order chi connectivity index (χ1) is 13.1. The summed E-state index contributed by atoms with van der Waals surface area (Å²) in [5, 5.41) is 5.47.